The molecule has 0 unspecified atom stereocenters. The normalized spacial score (nSPS) is 21.2. The second-order valence-corrected chi connectivity index (χ2v) is 9.77. The quantitative estimate of drug-likeness (QED) is 0.547. The molecule has 2 heterocycles. The van der Waals surface area contributed by atoms with Gasteiger partial charge in [0.05, 0.1) is 94.8 Å². The summed E-state index contributed by atoms with van der Waals surface area (Å²) in [6.45, 7) is 1.58. The van der Waals surface area contributed by atoms with Gasteiger partial charge in [-0.15, -0.1) is 0 Å². The minimum absolute atomic E-state index is 0.230. The molecule has 0 aliphatic carbocycles. The van der Waals surface area contributed by atoms with Crippen LogP contribution in [0.25, 0.3) is 0 Å². The van der Waals surface area contributed by atoms with Crippen LogP contribution < -0.4 is 5.32 Å². The molecule has 0 atom stereocenters. The van der Waals surface area contributed by atoms with Crippen LogP contribution in [-0.2, 0) is 6.54 Å². The van der Waals surface area contributed by atoms with Gasteiger partial charge in [0.1, 0.15) is 5.82 Å². The number of piperidine rings is 1. The lowest BCUT2D eigenvalue weighted by Gasteiger charge is -2.79. The molecule has 4 nitrogen and oxygen atoms in total. The molecule has 1 aromatic carbocycles. The highest BCUT2D eigenvalue weighted by molar-refractivity contribution is 6.63. The van der Waals surface area contributed by atoms with Gasteiger partial charge in [0.25, 0.3) is 5.91 Å². The molecule has 1 amide bonds. The van der Waals surface area contributed by atoms with Gasteiger partial charge in [0, 0.05) is 18.3 Å². The highest BCUT2D eigenvalue weighted by atomic mass is 35.5. The average molecular weight is 492 g/mol. The van der Waals surface area contributed by atoms with Crippen molar-refractivity contribution in [3.63, 3.8) is 0 Å². The maximum absolute atomic E-state index is 17.3. The number of nitrogens with one attached hydrogen (secondary N) is 1. The molecule has 20 radical (unpaired) electrons. The van der Waals surface area contributed by atoms with E-state index in [1.807, 2.05) is 6.92 Å². The Hall–Kier alpha value is -1.40. The maximum atomic E-state index is 17.3. The van der Waals surface area contributed by atoms with Gasteiger partial charge in [-0.05, 0) is 52.8 Å². The predicted molar refractivity (Wildman–Crippen MR) is 148 cm³/mol. The van der Waals surface area contributed by atoms with Crippen LogP contribution in [0.5, 0.6) is 0 Å². The molecule has 0 saturated carbocycles. The molecule has 1 fully saturated rings. The number of likely N-dealkylation sites (tertiary alicyclic amines) is 1. The van der Waals surface area contributed by atoms with Crippen LogP contribution in [0, 0.1) is 12.7 Å². The molecular weight excluding hydrogens is 480 g/mol. The van der Waals surface area contributed by atoms with Crippen molar-refractivity contribution in [2.75, 3.05) is 0 Å². The monoisotopic (exact) mass is 493 g/mol. The zero-order valence-corrected chi connectivity index (χ0v) is 20.6. The number of amides is 1. The molecule has 164 valence electrons. The van der Waals surface area contributed by atoms with Gasteiger partial charge in [-0.3, -0.25) is 9.78 Å². The number of alkyl halides is 1. The maximum Gasteiger partial charge on any atom is 0.252 e. The third kappa shape index (κ3) is 4.29. The number of carbonyl (C=O) groups excluding carboxylic acids is 1. The molecular formula is C20H12B10ClF2N3O. The fourth-order valence-electron chi connectivity index (χ4n) is 4.31. The molecule has 1 aromatic heterocycles. The standard InChI is InChI=1S/C20H12B10ClF2N3O/c1-9-2-4-11(34-7-9)8-35-18(25,26)15(33)16(21,22)19(27,28)36(20(29,30)17(15,23)24)14(37)10-3-5-13(32)12(31)6-10/h2-7,35H,8H2,1H3. The third-order valence-corrected chi connectivity index (χ3v) is 6.97. The van der Waals surface area contributed by atoms with E-state index in [0.29, 0.717) is 5.69 Å². The Balaban J connectivity index is 2.13. The van der Waals surface area contributed by atoms with Crippen molar-refractivity contribution in [2.45, 2.75) is 45.6 Å². The van der Waals surface area contributed by atoms with Crippen molar-refractivity contribution < 1.29 is 13.6 Å². The Morgan fingerprint density at radius 2 is 1.57 bits per heavy atom. The first-order chi connectivity index (χ1) is 16.7. The number of aromatic nitrogens is 1. The second kappa shape index (κ2) is 9.36. The summed E-state index contributed by atoms with van der Waals surface area (Å²) in [7, 11) is 61.5. The highest BCUT2D eigenvalue weighted by Crippen LogP contribution is 2.67. The first-order valence-corrected chi connectivity index (χ1v) is 11.1. The van der Waals surface area contributed by atoms with Crippen molar-refractivity contribution in [3.05, 3.63) is 64.2 Å². The van der Waals surface area contributed by atoms with Crippen molar-refractivity contribution in [2.24, 2.45) is 0 Å². The number of carbonyl (C=O) groups is 1. The molecule has 0 bridgehead atoms. The lowest BCUT2D eigenvalue weighted by Crippen LogP contribution is -2.89. The SMILES string of the molecule is [B]C([B])(NCc1ccc(C)cn1)C1(F)C([B])([B])C([B])([B])N(C(=O)c2ccc(F)c(Cl)c2)C([B])([B])C1([B])[B]. The van der Waals surface area contributed by atoms with Crippen LogP contribution in [0.2, 0.25) is 15.5 Å². The number of hydrogen-bond acceptors (Lipinski definition) is 3. The highest BCUT2D eigenvalue weighted by Gasteiger charge is 2.73. The van der Waals surface area contributed by atoms with E-state index >= 15 is 4.39 Å². The van der Waals surface area contributed by atoms with Gasteiger partial charge < -0.3 is 10.2 Å². The van der Waals surface area contributed by atoms with E-state index in [2.05, 4.69) is 10.3 Å². The fraction of sp³-hybridized carbons (Fsp3) is 0.400. The number of nitrogens with zero attached hydrogens (tertiary/aromatic N) is 2. The van der Waals surface area contributed by atoms with Gasteiger partial charge in [-0.2, -0.15) is 0 Å². The summed E-state index contributed by atoms with van der Waals surface area (Å²) < 4.78 is 30.9. The van der Waals surface area contributed by atoms with Gasteiger partial charge in [0.15, 0.2) is 0 Å². The van der Waals surface area contributed by atoms with Crippen LogP contribution in [0.3, 0.4) is 0 Å². The van der Waals surface area contributed by atoms with Crippen LogP contribution in [-0.4, -0.2) is 116 Å². The van der Waals surface area contributed by atoms with E-state index in [1.165, 1.54) is 0 Å². The van der Waals surface area contributed by atoms with E-state index in [9.17, 15) is 9.18 Å². The summed E-state index contributed by atoms with van der Waals surface area (Å²) in [6.07, 6.45) is 1.55. The van der Waals surface area contributed by atoms with E-state index in [4.69, 9.17) is 90.1 Å². The average Bonchev–Trinajstić information content (AvgIpc) is 2.78. The number of halogens is 3. The fourth-order valence-corrected chi connectivity index (χ4v) is 4.49. The Morgan fingerprint density at radius 3 is 2.03 bits per heavy atom. The third-order valence-electron chi connectivity index (χ3n) is 6.68. The molecule has 17 heteroatoms. The summed E-state index contributed by atoms with van der Waals surface area (Å²) >= 11 is 5.77. The molecule has 0 spiro atoms. The largest absolute Gasteiger partial charge is 0.363 e. The zero-order valence-electron chi connectivity index (χ0n) is 19.9. The summed E-state index contributed by atoms with van der Waals surface area (Å²) in [5.74, 6) is -2.06. The molecule has 3 rings (SSSR count). The van der Waals surface area contributed by atoms with Crippen LogP contribution >= 0.6 is 11.6 Å². The van der Waals surface area contributed by atoms with Gasteiger partial charge >= 0.3 is 0 Å². The van der Waals surface area contributed by atoms with Crippen molar-refractivity contribution >= 4 is 96.0 Å². The molecule has 1 saturated heterocycles. The minimum atomic E-state index is -3.64. The Morgan fingerprint density at radius 1 is 1.03 bits per heavy atom. The predicted octanol–water partition coefficient (Wildman–Crippen LogP) is -0.985. The summed E-state index contributed by atoms with van der Waals surface area (Å²) in [6, 6.07) is 6.13. The van der Waals surface area contributed by atoms with E-state index < -0.39 is 48.9 Å². The minimum Gasteiger partial charge on any atom is -0.363 e. The molecule has 1 aliphatic rings. The molecule has 37 heavy (non-hydrogen) atoms. The smallest absolute Gasteiger partial charge is 0.252 e. The number of aryl methyl sites for hydroxylation is 1. The van der Waals surface area contributed by atoms with Gasteiger partial charge in [0.2, 0.25) is 0 Å². The van der Waals surface area contributed by atoms with E-state index in [-0.39, 0.29) is 17.0 Å². The summed E-state index contributed by atoms with van der Waals surface area (Å²) in [5.41, 5.74) is -2.73. The first kappa shape index (κ1) is 30.1. The number of hydrogen-bond donors (Lipinski definition) is 1. The lowest BCUT2D eigenvalue weighted by atomic mass is 9.11. The number of rotatable bonds is 5. The molecule has 2 aromatic rings. The molecule has 1 N–H and O–H groups in total. The number of pyridine rings is 1. The van der Waals surface area contributed by atoms with Crippen molar-refractivity contribution in [1.82, 2.24) is 15.2 Å². The lowest BCUT2D eigenvalue weighted by molar-refractivity contribution is -0.0348. The Bertz CT molecular complexity index is 1190. The molecule has 1 aliphatic heterocycles. The first-order valence-electron chi connectivity index (χ1n) is 10.7. The van der Waals surface area contributed by atoms with Gasteiger partial charge in [-0.1, -0.05) is 28.1 Å². The number of benzene rings is 1. The Labute approximate surface area is 234 Å². The van der Waals surface area contributed by atoms with Crippen molar-refractivity contribution in [1.29, 1.82) is 0 Å². The van der Waals surface area contributed by atoms with E-state index in [0.717, 1.165) is 23.8 Å². The van der Waals surface area contributed by atoms with E-state index in [1.54, 1.807) is 18.3 Å². The van der Waals surface area contributed by atoms with Gasteiger partial charge in [-0.25, -0.2) is 8.78 Å². The summed E-state index contributed by atoms with van der Waals surface area (Å²) in [4.78, 5) is 17.9. The zero-order chi connectivity index (χ0) is 28.4. The second-order valence-electron chi connectivity index (χ2n) is 9.37. The Kier molecular flexibility index (Phi) is 7.63. The van der Waals surface area contributed by atoms with Crippen LogP contribution in [0.1, 0.15) is 21.6 Å². The topological polar surface area (TPSA) is 45.2 Å². The van der Waals surface area contributed by atoms with Crippen LogP contribution in [0.15, 0.2) is 36.5 Å². The van der Waals surface area contributed by atoms with Crippen molar-refractivity contribution in [3.8, 4) is 0 Å². The van der Waals surface area contributed by atoms with Crippen LogP contribution in [0.4, 0.5) is 8.78 Å². The summed E-state index contributed by atoms with van der Waals surface area (Å²) in [5, 5.41) is -13.0.